The van der Waals surface area contributed by atoms with Gasteiger partial charge in [-0.15, -0.1) is 0 Å². The summed E-state index contributed by atoms with van der Waals surface area (Å²) in [5.74, 6) is 0.275. The van der Waals surface area contributed by atoms with Crippen molar-refractivity contribution in [1.82, 2.24) is 4.90 Å². The molecule has 4 nitrogen and oxygen atoms in total. The molecule has 0 atom stereocenters. The molecule has 0 spiro atoms. The quantitative estimate of drug-likeness (QED) is 0.763. The maximum absolute atomic E-state index is 12.2. The molecule has 2 N–H and O–H groups in total. The Morgan fingerprint density at radius 1 is 1.32 bits per heavy atom. The molecule has 0 unspecified atom stereocenters. The minimum absolute atomic E-state index is 0.0449. The van der Waals surface area contributed by atoms with Gasteiger partial charge in [0.1, 0.15) is 5.75 Å². The summed E-state index contributed by atoms with van der Waals surface area (Å²) in [6.07, 6.45) is -4.26. The predicted octanol–water partition coefficient (Wildman–Crippen LogP) is 0.369. The van der Waals surface area contributed by atoms with E-state index in [4.69, 9.17) is 14.8 Å². The van der Waals surface area contributed by atoms with Crippen LogP contribution in [-0.2, 0) is 6.54 Å². The van der Waals surface area contributed by atoms with Gasteiger partial charge in [-0.1, -0.05) is 12.1 Å². The average Bonchev–Trinajstić information content (AvgIpc) is 2.26. The zero-order valence-electron chi connectivity index (χ0n) is 10.6. The van der Waals surface area contributed by atoms with Crippen molar-refractivity contribution in [2.24, 2.45) is 0 Å². The van der Waals surface area contributed by atoms with Crippen molar-refractivity contribution in [2.45, 2.75) is 12.7 Å². The lowest BCUT2D eigenvalue weighted by atomic mass is 9.78. The smallest absolute Gasteiger partial charge is 0.492 e. The van der Waals surface area contributed by atoms with Gasteiger partial charge in [0.25, 0.3) is 0 Å². The highest BCUT2D eigenvalue weighted by molar-refractivity contribution is 6.59. The van der Waals surface area contributed by atoms with Gasteiger partial charge in [0.05, 0.1) is 13.7 Å². The maximum atomic E-state index is 12.2. The van der Waals surface area contributed by atoms with Crippen molar-refractivity contribution < 1.29 is 28.0 Å². The van der Waals surface area contributed by atoms with E-state index in [9.17, 15) is 13.2 Å². The topological polar surface area (TPSA) is 52.9 Å². The number of benzene rings is 1. The van der Waals surface area contributed by atoms with E-state index in [1.165, 1.54) is 26.3 Å². The molecule has 0 bridgehead atoms. The molecule has 19 heavy (non-hydrogen) atoms. The Bertz CT molecular complexity index is 426. The third kappa shape index (κ3) is 5.10. The first kappa shape index (κ1) is 15.8. The predicted molar refractivity (Wildman–Crippen MR) is 65.2 cm³/mol. The van der Waals surface area contributed by atoms with Crippen LogP contribution in [0.3, 0.4) is 0 Å². The van der Waals surface area contributed by atoms with E-state index in [2.05, 4.69) is 0 Å². The second-order valence-corrected chi connectivity index (χ2v) is 4.24. The van der Waals surface area contributed by atoms with Gasteiger partial charge >= 0.3 is 13.3 Å². The highest BCUT2D eigenvalue weighted by Gasteiger charge is 2.29. The van der Waals surface area contributed by atoms with Crippen LogP contribution < -0.4 is 10.2 Å². The molecule has 1 aromatic rings. The number of hydrogen-bond acceptors (Lipinski definition) is 4. The fourth-order valence-electron chi connectivity index (χ4n) is 1.76. The van der Waals surface area contributed by atoms with Crippen molar-refractivity contribution in [3.63, 3.8) is 0 Å². The van der Waals surface area contributed by atoms with E-state index in [1.54, 1.807) is 6.07 Å². The summed E-state index contributed by atoms with van der Waals surface area (Å²) in [7, 11) is 0.978. The fourth-order valence-corrected chi connectivity index (χ4v) is 1.76. The van der Waals surface area contributed by atoms with Crippen molar-refractivity contribution in [3.8, 4) is 5.75 Å². The summed E-state index contributed by atoms with van der Waals surface area (Å²) in [4.78, 5) is 1.09. The third-order valence-corrected chi connectivity index (χ3v) is 2.47. The Kier molecular flexibility index (Phi) is 5.22. The lowest BCUT2D eigenvalue weighted by Crippen LogP contribution is -2.33. The molecule has 0 saturated heterocycles. The van der Waals surface area contributed by atoms with Gasteiger partial charge in [-0.2, -0.15) is 13.2 Å². The van der Waals surface area contributed by atoms with Gasteiger partial charge in [-0.25, -0.2) is 0 Å². The normalized spacial score (nSPS) is 11.8. The second kappa shape index (κ2) is 6.27. The van der Waals surface area contributed by atoms with Crippen LogP contribution in [0.1, 0.15) is 5.56 Å². The van der Waals surface area contributed by atoms with Gasteiger partial charge in [0.15, 0.2) is 0 Å². The van der Waals surface area contributed by atoms with Crippen LogP contribution >= 0.6 is 0 Å². The molecule has 0 fully saturated rings. The molecule has 106 valence electrons. The molecule has 8 heteroatoms. The first-order chi connectivity index (χ1) is 8.73. The van der Waals surface area contributed by atoms with Crippen molar-refractivity contribution in [2.75, 3.05) is 20.7 Å². The van der Waals surface area contributed by atoms with Crippen LogP contribution in [0.25, 0.3) is 0 Å². The Hall–Kier alpha value is -1.25. The van der Waals surface area contributed by atoms with Crippen molar-refractivity contribution in [1.29, 1.82) is 0 Å². The molecule has 0 aromatic heterocycles. The van der Waals surface area contributed by atoms with Gasteiger partial charge in [0.2, 0.25) is 0 Å². The Morgan fingerprint density at radius 3 is 2.42 bits per heavy atom. The molecule has 1 rings (SSSR count). The molecular formula is C11H15BF3NO3. The van der Waals surface area contributed by atoms with Crippen molar-refractivity contribution in [3.05, 3.63) is 23.8 Å². The number of halogens is 3. The minimum Gasteiger partial charge on any atom is -0.497 e. The largest absolute Gasteiger partial charge is 0.497 e. The molecule has 0 aliphatic carbocycles. The standard InChI is InChI=1S/C11H15BF3NO3/c1-16(7-11(13,14)15)6-8-3-4-10(19-2)9(5-8)12(17)18/h3-5,17-18H,6-7H2,1-2H3. The summed E-state index contributed by atoms with van der Waals surface area (Å²) in [5.41, 5.74) is 0.663. The van der Waals surface area contributed by atoms with Crippen LogP contribution in [0.15, 0.2) is 18.2 Å². The van der Waals surface area contributed by atoms with Crippen molar-refractivity contribution >= 4 is 12.6 Å². The van der Waals surface area contributed by atoms with Crippen LogP contribution in [0, 0.1) is 0 Å². The van der Waals surface area contributed by atoms with Crippen LogP contribution in [0.5, 0.6) is 5.75 Å². The number of nitrogens with zero attached hydrogens (tertiary/aromatic N) is 1. The zero-order chi connectivity index (χ0) is 14.6. The van der Waals surface area contributed by atoms with Gasteiger partial charge in [-0.05, 0) is 18.7 Å². The zero-order valence-corrected chi connectivity index (χ0v) is 10.6. The highest BCUT2D eigenvalue weighted by atomic mass is 19.4. The molecule has 0 heterocycles. The van der Waals surface area contributed by atoms with E-state index in [1.807, 2.05) is 0 Å². The summed E-state index contributed by atoms with van der Waals surface area (Å²) >= 11 is 0. The van der Waals surface area contributed by atoms with E-state index in [0.717, 1.165) is 4.90 Å². The van der Waals surface area contributed by atoms with E-state index < -0.39 is 19.8 Å². The number of methoxy groups -OCH3 is 1. The van der Waals surface area contributed by atoms with Crippen LogP contribution in [-0.4, -0.2) is 48.9 Å². The fraction of sp³-hybridized carbons (Fsp3) is 0.455. The van der Waals surface area contributed by atoms with Crippen LogP contribution in [0.2, 0.25) is 0 Å². The first-order valence-corrected chi connectivity index (χ1v) is 5.51. The molecule has 0 aliphatic rings. The number of rotatable bonds is 5. The van der Waals surface area contributed by atoms with Gasteiger partial charge in [-0.3, -0.25) is 4.90 Å². The van der Waals surface area contributed by atoms with E-state index in [0.29, 0.717) is 5.56 Å². The molecule has 0 radical (unpaired) electrons. The average molecular weight is 277 g/mol. The molecule has 0 saturated carbocycles. The Balaban J connectivity index is 2.82. The SMILES string of the molecule is COc1ccc(CN(C)CC(F)(F)F)cc1B(O)O. The highest BCUT2D eigenvalue weighted by Crippen LogP contribution is 2.17. The molecule has 1 aromatic carbocycles. The summed E-state index contributed by atoms with van der Waals surface area (Å²) in [5, 5.41) is 18.3. The van der Waals surface area contributed by atoms with Crippen LogP contribution in [0.4, 0.5) is 13.2 Å². The number of hydrogen-bond donors (Lipinski definition) is 2. The summed E-state index contributed by atoms with van der Waals surface area (Å²) in [6, 6.07) is 4.49. The Labute approximate surface area is 109 Å². The number of alkyl halides is 3. The second-order valence-electron chi connectivity index (χ2n) is 4.24. The minimum atomic E-state index is -4.26. The van der Waals surface area contributed by atoms with Gasteiger partial charge in [0, 0.05) is 12.0 Å². The van der Waals surface area contributed by atoms with Gasteiger partial charge < -0.3 is 14.8 Å². The third-order valence-electron chi connectivity index (χ3n) is 2.47. The van der Waals surface area contributed by atoms with E-state index >= 15 is 0 Å². The number of ether oxygens (including phenoxy) is 1. The monoisotopic (exact) mass is 277 g/mol. The molecule has 0 amide bonds. The first-order valence-electron chi connectivity index (χ1n) is 5.51. The summed E-state index contributed by atoms with van der Waals surface area (Å²) in [6.45, 7) is -0.987. The van der Waals surface area contributed by atoms with E-state index in [-0.39, 0.29) is 17.8 Å². The summed E-state index contributed by atoms with van der Waals surface area (Å²) < 4.78 is 41.5. The lowest BCUT2D eigenvalue weighted by molar-refractivity contribution is -0.144. The lowest BCUT2D eigenvalue weighted by Gasteiger charge is -2.19. The molecular weight excluding hydrogens is 262 g/mol. The molecule has 0 aliphatic heterocycles. The maximum Gasteiger partial charge on any atom is 0.492 e. The Morgan fingerprint density at radius 2 is 1.95 bits per heavy atom.